The van der Waals surface area contributed by atoms with Crippen LogP contribution in [0.3, 0.4) is 0 Å². The molecule has 1 aliphatic rings. The molecule has 2 heterocycles. The Balaban J connectivity index is 1.55. The lowest BCUT2D eigenvalue weighted by molar-refractivity contribution is -0.0467. The van der Waals surface area contributed by atoms with Crippen molar-refractivity contribution in [2.24, 2.45) is 0 Å². The summed E-state index contributed by atoms with van der Waals surface area (Å²) in [4.78, 5) is 12.2. The summed E-state index contributed by atoms with van der Waals surface area (Å²) in [5.74, 6) is -1.74. The van der Waals surface area contributed by atoms with Gasteiger partial charge in [0, 0.05) is 16.7 Å². The zero-order chi connectivity index (χ0) is 18.8. The van der Waals surface area contributed by atoms with Gasteiger partial charge in [-0.05, 0) is 11.6 Å². The fourth-order valence-corrected chi connectivity index (χ4v) is 3.47. The summed E-state index contributed by atoms with van der Waals surface area (Å²) in [6.45, 7) is 0.601. The molecule has 1 amide bonds. The van der Waals surface area contributed by atoms with Crippen LogP contribution in [-0.2, 0) is 15.2 Å². The van der Waals surface area contributed by atoms with Gasteiger partial charge in [-0.15, -0.1) is 0 Å². The predicted molar refractivity (Wildman–Crippen MR) is 97.5 cm³/mol. The van der Waals surface area contributed by atoms with Gasteiger partial charge in [0.25, 0.3) is 5.24 Å². The highest BCUT2D eigenvalue weighted by Gasteiger charge is 2.27. The van der Waals surface area contributed by atoms with Crippen LogP contribution in [0.15, 0.2) is 47.1 Å². The molecule has 27 heavy (non-hydrogen) atoms. The Labute approximate surface area is 157 Å². The van der Waals surface area contributed by atoms with Gasteiger partial charge in [0.2, 0.25) is 5.82 Å². The van der Waals surface area contributed by atoms with Crippen molar-refractivity contribution >= 4 is 33.7 Å². The van der Waals surface area contributed by atoms with E-state index in [9.17, 15) is 13.6 Å². The normalized spacial score (nSPS) is 14.7. The topological polar surface area (TPSA) is 60.7 Å². The number of anilines is 1. The van der Waals surface area contributed by atoms with Crippen molar-refractivity contribution in [3.63, 3.8) is 0 Å². The van der Waals surface area contributed by atoms with Crippen LogP contribution >= 0.6 is 11.8 Å². The van der Waals surface area contributed by atoms with Crippen LogP contribution in [0.2, 0.25) is 0 Å². The molecule has 1 N–H and O–H groups in total. The summed E-state index contributed by atoms with van der Waals surface area (Å²) in [6.07, 6.45) is 0.212. The number of carbonyl (C=O) groups excluding carboxylic acids is 1. The molecule has 0 aliphatic carbocycles. The smallest absolute Gasteiger partial charge is 0.283 e. The first-order chi connectivity index (χ1) is 13.1. The summed E-state index contributed by atoms with van der Waals surface area (Å²) < 4.78 is 44.2. The number of hydrogen-bond donors (Lipinski definition) is 1. The Hall–Kier alpha value is -2.42. The fourth-order valence-electron chi connectivity index (χ4n) is 2.80. The zero-order valence-electron chi connectivity index (χ0n) is 14.0. The van der Waals surface area contributed by atoms with Gasteiger partial charge in [0.1, 0.15) is 6.26 Å². The van der Waals surface area contributed by atoms with Crippen molar-refractivity contribution in [3.05, 3.63) is 65.4 Å². The molecule has 0 saturated carbocycles. The lowest BCUT2D eigenvalue weighted by Crippen LogP contribution is -2.06. The first-order valence-corrected chi connectivity index (χ1v) is 9.22. The molecule has 1 aromatic heterocycles. The third-order valence-corrected chi connectivity index (χ3v) is 4.94. The molecule has 5 nitrogen and oxygen atoms in total. The second kappa shape index (κ2) is 7.67. The van der Waals surface area contributed by atoms with E-state index in [1.807, 2.05) is 30.3 Å². The first kappa shape index (κ1) is 18.0. The third kappa shape index (κ3) is 3.69. The summed E-state index contributed by atoms with van der Waals surface area (Å²) in [5, 5.41) is 2.57. The average molecular weight is 391 g/mol. The number of halogens is 2. The molecule has 0 radical (unpaired) electrons. The molecule has 4 rings (SSSR count). The van der Waals surface area contributed by atoms with E-state index in [0.29, 0.717) is 19.0 Å². The van der Waals surface area contributed by atoms with Crippen molar-refractivity contribution in [2.75, 3.05) is 18.5 Å². The minimum absolute atomic E-state index is 0.0636. The van der Waals surface area contributed by atoms with Gasteiger partial charge in [0.15, 0.2) is 17.7 Å². The highest BCUT2D eigenvalue weighted by atomic mass is 32.2. The van der Waals surface area contributed by atoms with E-state index in [1.165, 1.54) is 12.3 Å². The van der Waals surface area contributed by atoms with Gasteiger partial charge >= 0.3 is 0 Å². The molecule has 0 unspecified atom stereocenters. The van der Waals surface area contributed by atoms with Crippen LogP contribution in [-0.4, -0.2) is 18.5 Å². The summed E-state index contributed by atoms with van der Waals surface area (Å²) in [5.41, 5.74) is 0.929. The maximum absolute atomic E-state index is 14.3. The molecular formula is C19H15F2NO4S. The molecule has 1 aliphatic heterocycles. The average Bonchev–Trinajstić information content (AvgIpc) is 3.34. The predicted octanol–water partition coefficient (Wildman–Crippen LogP) is 5.22. The quantitative estimate of drug-likeness (QED) is 0.661. The fraction of sp³-hybridized carbons (Fsp3) is 0.211. The Kier molecular flexibility index (Phi) is 5.11. The summed E-state index contributed by atoms with van der Waals surface area (Å²) in [7, 11) is 0. The molecule has 140 valence electrons. The third-order valence-electron chi connectivity index (χ3n) is 4.10. The van der Waals surface area contributed by atoms with Gasteiger partial charge in [0.05, 0.1) is 18.9 Å². The second-order valence-corrected chi connectivity index (χ2v) is 6.83. The lowest BCUT2D eigenvalue weighted by Gasteiger charge is -2.11. The van der Waals surface area contributed by atoms with Crippen molar-refractivity contribution in [1.29, 1.82) is 0 Å². The van der Waals surface area contributed by atoms with Crippen molar-refractivity contribution in [2.45, 2.75) is 12.0 Å². The molecule has 0 spiro atoms. The highest BCUT2D eigenvalue weighted by Crippen LogP contribution is 2.36. The largest absolute Gasteiger partial charge is 0.459 e. The number of amides is 1. The number of benzene rings is 2. The van der Waals surface area contributed by atoms with Crippen LogP contribution in [0.1, 0.15) is 17.4 Å². The van der Waals surface area contributed by atoms with Crippen LogP contribution in [0.5, 0.6) is 0 Å². The monoisotopic (exact) mass is 391 g/mol. The number of nitrogens with one attached hydrogen (secondary N) is 1. The zero-order valence-corrected chi connectivity index (χ0v) is 14.9. The van der Waals surface area contributed by atoms with E-state index in [-0.39, 0.29) is 27.5 Å². The van der Waals surface area contributed by atoms with Crippen molar-refractivity contribution in [3.8, 4) is 0 Å². The molecule has 1 fully saturated rings. The Morgan fingerprint density at radius 3 is 2.63 bits per heavy atom. The maximum Gasteiger partial charge on any atom is 0.283 e. The first-order valence-electron chi connectivity index (χ1n) is 8.23. The number of hydrogen-bond acceptors (Lipinski definition) is 5. The van der Waals surface area contributed by atoms with E-state index in [4.69, 9.17) is 13.9 Å². The highest BCUT2D eigenvalue weighted by molar-refractivity contribution is 8.13. The number of rotatable bonds is 4. The van der Waals surface area contributed by atoms with E-state index < -0.39 is 17.9 Å². The Morgan fingerprint density at radius 1 is 1.15 bits per heavy atom. The van der Waals surface area contributed by atoms with Crippen LogP contribution in [0.4, 0.5) is 19.3 Å². The van der Waals surface area contributed by atoms with Gasteiger partial charge < -0.3 is 19.2 Å². The SMILES string of the molecule is O=C(Nc1coc2c(F)c(F)c(C3OCCO3)cc12)SCc1ccccc1. The van der Waals surface area contributed by atoms with Crippen LogP contribution in [0.25, 0.3) is 11.0 Å². The van der Waals surface area contributed by atoms with E-state index in [0.717, 1.165) is 17.3 Å². The summed E-state index contributed by atoms with van der Waals surface area (Å²) >= 11 is 1.06. The van der Waals surface area contributed by atoms with Gasteiger partial charge in [-0.2, -0.15) is 4.39 Å². The number of furan rings is 1. The van der Waals surface area contributed by atoms with Gasteiger partial charge in [-0.25, -0.2) is 4.39 Å². The Bertz CT molecular complexity index is 971. The maximum atomic E-state index is 14.3. The summed E-state index contributed by atoms with van der Waals surface area (Å²) in [6, 6.07) is 10.9. The van der Waals surface area contributed by atoms with Gasteiger partial charge in [-0.1, -0.05) is 42.1 Å². The van der Waals surface area contributed by atoms with E-state index >= 15 is 0 Å². The molecule has 2 aromatic carbocycles. The minimum Gasteiger partial charge on any atom is -0.459 e. The van der Waals surface area contributed by atoms with Crippen molar-refractivity contribution in [1.82, 2.24) is 0 Å². The number of thioether (sulfide) groups is 1. The number of carbonyl (C=O) groups is 1. The number of fused-ring (bicyclic) bond motifs is 1. The van der Waals surface area contributed by atoms with Crippen molar-refractivity contribution < 1.29 is 27.5 Å². The molecule has 0 bridgehead atoms. The number of ether oxygens (including phenoxy) is 2. The molecule has 0 atom stereocenters. The molecular weight excluding hydrogens is 376 g/mol. The van der Waals surface area contributed by atoms with E-state index in [1.54, 1.807) is 0 Å². The standard InChI is InChI=1S/C19H15F2NO4S/c20-15-13(18-24-6-7-25-18)8-12-14(9-26-17(12)16(15)21)22-19(23)27-10-11-4-2-1-3-5-11/h1-5,8-9,18H,6-7,10H2,(H,22,23). The van der Waals surface area contributed by atoms with Gasteiger partial charge in [-0.3, -0.25) is 4.79 Å². The Morgan fingerprint density at radius 2 is 1.89 bits per heavy atom. The van der Waals surface area contributed by atoms with Crippen LogP contribution < -0.4 is 5.32 Å². The van der Waals surface area contributed by atoms with E-state index in [2.05, 4.69) is 5.32 Å². The second-order valence-electron chi connectivity index (χ2n) is 5.88. The van der Waals surface area contributed by atoms with Crippen LogP contribution in [0, 0.1) is 11.6 Å². The minimum atomic E-state index is -1.14. The molecule has 1 saturated heterocycles. The molecule has 8 heteroatoms. The molecule has 3 aromatic rings. The lowest BCUT2D eigenvalue weighted by atomic mass is 10.1.